The van der Waals surface area contributed by atoms with E-state index in [4.69, 9.17) is 0 Å². The number of unbranched alkanes of at least 4 members (excludes halogenated alkanes) is 34. The van der Waals surface area contributed by atoms with Crippen LogP contribution in [0.3, 0.4) is 0 Å². The molecule has 47 heavy (non-hydrogen) atoms. The second kappa shape index (κ2) is 40.9. The summed E-state index contributed by atoms with van der Waals surface area (Å²) in [5.74, 6) is 0. The van der Waals surface area contributed by atoms with Gasteiger partial charge in [-0.25, -0.2) is 0 Å². The first-order valence-corrected chi connectivity index (χ1v) is 26.1. The van der Waals surface area contributed by atoms with Crippen molar-refractivity contribution in [3.8, 4) is 0 Å². The first kappa shape index (κ1) is 47.4. The first-order chi connectivity index (χ1) is 23.2. The van der Waals surface area contributed by atoms with Gasteiger partial charge in [0, 0.05) is 0 Å². The van der Waals surface area contributed by atoms with Gasteiger partial charge >= 0.3 is 304 Å². The van der Waals surface area contributed by atoms with Gasteiger partial charge in [0.15, 0.2) is 0 Å². The maximum absolute atomic E-state index is 2.35. The third kappa shape index (κ3) is 36.0. The number of hydrogen-bond acceptors (Lipinski definition) is 0. The predicted octanol–water partition coefficient (Wildman–Crippen LogP) is 17.6. The molecular weight excluding hydrogens is 583 g/mol. The molecule has 0 aliphatic heterocycles. The summed E-state index contributed by atoms with van der Waals surface area (Å²) in [6.45, 7) is 9.36. The van der Waals surface area contributed by atoms with E-state index in [1.807, 2.05) is 0 Å². The van der Waals surface area contributed by atoms with Crippen LogP contribution in [-0.2, 0) is 0 Å². The second-order valence-corrected chi connectivity index (χ2v) is 21.5. The quantitative estimate of drug-likeness (QED) is 0.0445. The van der Waals surface area contributed by atoms with Crippen molar-refractivity contribution in [1.29, 1.82) is 0 Å². The minimum atomic E-state index is -1.15. The Labute approximate surface area is 302 Å². The van der Waals surface area contributed by atoms with E-state index < -0.39 is 7.26 Å². The predicted molar refractivity (Wildman–Crippen MR) is 226 cm³/mol. The molecule has 0 atom stereocenters. The van der Waals surface area contributed by atoms with Gasteiger partial charge in [0.25, 0.3) is 0 Å². The van der Waals surface area contributed by atoms with Crippen molar-refractivity contribution < 1.29 is 0 Å². The van der Waals surface area contributed by atoms with Gasteiger partial charge in [-0.2, -0.15) is 0 Å². The monoisotopic (exact) mass is 681 g/mol. The SMILES string of the molecule is CCCCCCCCCCCC[PH](CCCCCCCCCC)(CCCCCCCCCCCC)CCCCCCCCCCCC. The van der Waals surface area contributed by atoms with Crippen molar-refractivity contribution in [2.45, 2.75) is 272 Å². The molecule has 286 valence electrons. The molecule has 0 aliphatic rings. The fourth-order valence-corrected chi connectivity index (χ4v) is 13.8. The molecule has 0 spiro atoms. The zero-order valence-electron chi connectivity index (χ0n) is 34.2. The Hall–Kier alpha value is 0.430. The Bertz CT molecular complexity index is 481. The Morgan fingerprint density at radius 2 is 0.298 bits per heavy atom. The summed E-state index contributed by atoms with van der Waals surface area (Å²) in [5.41, 5.74) is 0. The van der Waals surface area contributed by atoms with Gasteiger partial charge in [0.05, 0.1) is 0 Å². The molecule has 0 amide bonds. The number of rotatable bonds is 42. The summed E-state index contributed by atoms with van der Waals surface area (Å²) in [5, 5.41) is 0. The van der Waals surface area contributed by atoms with Crippen LogP contribution in [-0.4, -0.2) is 24.6 Å². The van der Waals surface area contributed by atoms with Gasteiger partial charge in [-0.3, -0.25) is 0 Å². The summed E-state index contributed by atoms with van der Waals surface area (Å²) in [4.78, 5) is 0. The minimum absolute atomic E-state index is 1.15. The van der Waals surface area contributed by atoms with Crippen molar-refractivity contribution in [3.05, 3.63) is 0 Å². The van der Waals surface area contributed by atoms with Crippen LogP contribution in [0, 0.1) is 0 Å². The van der Waals surface area contributed by atoms with Gasteiger partial charge in [-0.1, -0.05) is 0 Å². The van der Waals surface area contributed by atoms with Crippen LogP contribution >= 0.6 is 7.26 Å². The van der Waals surface area contributed by atoms with E-state index in [9.17, 15) is 0 Å². The van der Waals surface area contributed by atoms with Gasteiger partial charge in [0.2, 0.25) is 0 Å². The summed E-state index contributed by atoms with van der Waals surface area (Å²) in [6.07, 6.45) is 63.5. The fourth-order valence-electron chi connectivity index (χ4n) is 8.35. The zero-order chi connectivity index (χ0) is 34.2. The molecule has 0 unspecified atom stereocenters. The van der Waals surface area contributed by atoms with E-state index >= 15 is 0 Å². The zero-order valence-corrected chi connectivity index (χ0v) is 35.2. The van der Waals surface area contributed by atoms with E-state index in [2.05, 4.69) is 27.7 Å². The van der Waals surface area contributed by atoms with E-state index in [0.717, 1.165) is 0 Å². The molecular formula is C46H97P. The van der Waals surface area contributed by atoms with Crippen LogP contribution in [0.25, 0.3) is 0 Å². The molecule has 0 aromatic carbocycles. The second-order valence-electron chi connectivity index (χ2n) is 16.5. The average Bonchev–Trinajstić information content (AvgIpc) is 3.08. The fraction of sp³-hybridized carbons (Fsp3) is 1.00. The molecule has 0 aliphatic carbocycles. The van der Waals surface area contributed by atoms with Crippen LogP contribution in [0.4, 0.5) is 0 Å². The molecule has 0 rings (SSSR count). The summed E-state index contributed by atoms with van der Waals surface area (Å²) in [7, 11) is -1.15. The summed E-state index contributed by atoms with van der Waals surface area (Å²) in [6, 6.07) is 0. The van der Waals surface area contributed by atoms with Gasteiger partial charge < -0.3 is 0 Å². The van der Waals surface area contributed by atoms with Crippen molar-refractivity contribution in [1.82, 2.24) is 0 Å². The van der Waals surface area contributed by atoms with Crippen LogP contribution in [0.5, 0.6) is 0 Å². The van der Waals surface area contributed by atoms with Crippen LogP contribution < -0.4 is 0 Å². The van der Waals surface area contributed by atoms with Crippen molar-refractivity contribution >= 4 is 7.26 Å². The average molecular weight is 681 g/mol. The normalized spacial score (nSPS) is 12.3. The van der Waals surface area contributed by atoms with Gasteiger partial charge in [-0.05, 0) is 0 Å². The Kier molecular flexibility index (Phi) is 41.2. The molecule has 0 saturated carbocycles. The maximum atomic E-state index is 2.35. The number of hydrogen-bond donors (Lipinski definition) is 0. The van der Waals surface area contributed by atoms with E-state index in [1.54, 1.807) is 50.3 Å². The van der Waals surface area contributed by atoms with Crippen molar-refractivity contribution in [2.75, 3.05) is 24.6 Å². The van der Waals surface area contributed by atoms with Crippen LogP contribution in [0.15, 0.2) is 0 Å². The van der Waals surface area contributed by atoms with E-state index in [0.29, 0.717) is 0 Å². The molecule has 1 heteroatoms. The molecule has 0 fully saturated rings. The molecule has 0 nitrogen and oxygen atoms in total. The standard InChI is InChI=1S/C46H97P/c1-5-9-13-17-21-25-28-32-36-40-44-47(43-39-35-31-24-20-16-12-8-4,45-41-37-33-29-26-22-18-14-10-6-2)46-42-38-34-30-27-23-19-15-11-7-3/h47H,5-46H2,1-4H3. The van der Waals surface area contributed by atoms with E-state index in [1.165, 1.54) is 218 Å². The summed E-state index contributed by atoms with van der Waals surface area (Å²) < 4.78 is 0. The van der Waals surface area contributed by atoms with Crippen molar-refractivity contribution in [3.63, 3.8) is 0 Å². The van der Waals surface area contributed by atoms with Crippen LogP contribution in [0.1, 0.15) is 272 Å². The first-order valence-electron chi connectivity index (χ1n) is 23.2. The summed E-state index contributed by atoms with van der Waals surface area (Å²) >= 11 is 0. The molecule has 0 N–H and O–H groups in total. The third-order valence-corrected chi connectivity index (χ3v) is 17.4. The van der Waals surface area contributed by atoms with Crippen LogP contribution in [0.2, 0.25) is 0 Å². The van der Waals surface area contributed by atoms with Gasteiger partial charge in [0.1, 0.15) is 0 Å². The Morgan fingerprint density at radius 3 is 0.447 bits per heavy atom. The molecule has 0 aromatic heterocycles. The van der Waals surface area contributed by atoms with Gasteiger partial charge in [-0.15, -0.1) is 0 Å². The molecule has 0 bridgehead atoms. The molecule has 0 aromatic rings. The molecule has 0 radical (unpaired) electrons. The Morgan fingerprint density at radius 1 is 0.170 bits per heavy atom. The molecule has 0 heterocycles. The topological polar surface area (TPSA) is 0 Å². The third-order valence-electron chi connectivity index (χ3n) is 11.7. The van der Waals surface area contributed by atoms with E-state index in [-0.39, 0.29) is 0 Å². The van der Waals surface area contributed by atoms with Crippen molar-refractivity contribution in [2.24, 2.45) is 0 Å². The molecule has 0 saturated heterocycles. The Balaban J connectivity index is 4.84.